The quantitative estimate of drug-likeness (QED) is 0.406. The van der Waals surface area contributed by atoms with Crippen LogP contribution in [0.4, 0.5) is 0 Å². The summed E-state index contributed by atoms with van der Waals surface area (Å²) in [5, 5.41) is 2.78. The lowest BCUT2D eigenvalue weighted by Gasteiger charge is -2.11. The maximum Gasteiger partial charge on any atom is 0.220 e. The fourth-order valence-electron chi connectivity index (χ4n) is 2.64. The Labute approximate surface area is 139 Å². The number of amides is 1. The highest BCUT2D eigenvalue weighted by atomic mass is 16.2. The van der Waals surface area contributed by atoms with Crippen LogP contribution in [0.2, 0.25) is 0 Å². The number of rotatable bonds is 14. The molecule has 1 aromatic heterocycles. The molecular formula is C18H31N3O2. The number of unbranched alkanes of at least 4 members (excludes halogenated alkanes) is 8. The number of aromatic amines is 1. The molecule has 23 heavy (non-hydrogen) atoms. The first-order valence-corrected chi connectivity index (χ1v) is 8.98. The predicted molar refractivity (Wildman–Crippen MR) is 92.1 cm³/mol. The summed E-state index contributed by atoms with van der Waals surface area (Å²) in [6.45, 7) is 2.23. The molecule has 1 rings (SSSR count). The lowest BCUT2D eigenvalue weighted by molar-refractivity contribution is -0.124. The van der Waals surface area contributed by atoms with E-state index in [9.17, 15) is 9.59 Å². The molecular weight excluding hydrogens is 290 g/mol. The Morgan fingerprint density at radius 3 is 2.39 bits per heavy atom. The van der Waals surface area contributed by atoms with Gasteiger partial charge in [0.05, 0.1) is 12.4 Å². The molecule has 1 heterocycles. The topological polar surface area (TPSA) is 74.8 Å². The van der Waals surface area contributed by atoms with Crippen LogP contribution in [-0.4, -0.2) is 28.2 Å². The Hall–Kier alpha value is -1.65. The molecule has 2 N–H and O–H groups in total. The van der Waals surface area contributed by atoms with E-state index in [-0.39, 0.29) is 5.91 Å². The summed E-state index contributed by atoms with van der Waals surface area (Å²) >= 11 is 0. The van der Waals surface area contributed by atoms with E-state index in [0.717, 1.165) is 24.8 Å². The number of aldehydes is 1. The van der Waals surface area contributed by atoms with Crippen LogP contribution in [0.25, 0.3) is 0 Å². The van der Waals surface area contributed by atoms with Crippen LogP contribution in [0, 0.1) is 0 Å². The molecule has 1 atom stereocenters. The van der Waals surface area contributed by atoms with Crippen molar-refractivity contribution >= 4 is 12.2 Å². The largest absolute Gasteiger partial charge is 0.348 e. The van der Waals surface area contributed by atoms with Gasteiger partial charge in [-0.15, -0.1) is 0 Å². The number of nitrogens with one attached hydrogen (secondary N) is 2. The Morgan fingerprint density at radius 1 is 1.17 bits per heavy atom. The highest BCUT2D eigenvalue weighted by Crippen LogP contribution is 2.10. The molecule has 1 aromatic rings. The Morgan fingerprint density at radius 2 is 1.83 bits per heavy atom. The molecule has 0 spiro atoms. The molecule has 0 unspecified atom stereocenters. The maximum absolute atomic E-state index is 11.9. The standard InChI is InChI=1S/C18H31N3O2/c1-2-3-4-5-6-7-8-9-10-11-18(23)21-17(14-22)12-16-13-19-15-20-16/h13-15,17H,2-12H2,1H3,(H,19,20)(H,21,23)/t17-/m1/s1. The number of carbonyl (C=O) groups excluding carboxylic acids is 2. The third-order valence-corrected chi connectivity index (χ3v) is 4.01. The average Bonchev–Trinajstić information content (AvgIpc) is 3.05. The third kappa shape index (κ3) is 9.87. The van der Waals surface area contributed by atoms with Gasteiger partial charge in [-0.2, -0.15) is 0 Å². The van der Waals surface area contributed by atoms with Crippen molar-refractivity contribution in [3.05, 3.63) is 18.2 Å². The molecule has 0 saturated heterocycles. The Bertz CT molecular complexity index is 418. The van der Waals surface area contributed by atoms with Gasteiger partial charge >= 0.3 is 0 Å². The van der Waals surface area contributed by atoms with Gasteiger partial charge in [0.2, 0.25) is 5.91 Å². The van der Waals surface area contributed by atoms with E-state index in [1.165, 1.54) is 44.9 Å². The van der Waals surface area contributed by atoms with E-state index in [2.05, 4.69) is 22.2 Å². The molecule has 1 amide bonds. The van der Waals surface area contributed by atoms with Crippen molar-refractivity contribution in [3.63, 3.8) is 0 Å². The second-order valence-corrected chi connectivity index (χ2v) is 6.17. The summed E-state index contributed by atoms with van der Waals surface area (Å²) in [5.74, 6) is -0.0374. The summed E-state index contributed by atoms with van der Waals surface area (Å²) in [7, 11) is 0. The van der Waals surface area contributed by atoms with Gasteiger partial charge in [-0.1, -0.05) is 58.3 Å². The third-order valence-electron chi connectivity index (χ3n) is 4.01. The van der Waals surface area contributed by atoms with Crippen LogP contribution in [-0.2, 0) is 16.0 Å². The van der Waals surface area contributed by atoms with Crippen molar-refractivity contribution in [3.8, 4) is 0 Å². The SMILES string of the molecule is CCCCCCCCCCCC(=O)N[C@@H](C=O)Cc1cnc[nH]1. The molecule has 0 radical (unpaired) electrons. The van der Waals surface area contributed by atoms with Gasteiger partial charge in [-0.3, -0.25) is 4.79 Å². The van der Waals surface area contributed by atoms with Crippen molar-refractivity contribution in [2.45, 2.75) is 83.6 Å². The van der Waals surface area contributed by atoms with E-state index in [4.69, 9.17) is 0 Å². The van der Waals surface area contributed by atoms with Crippen LogP contribution in [0.15, 0.2) is 12.5 Å². The van der Waals surface area contributed by atoms with E-state index >= 15 is 0 Å². The van der Waals surface area contributed by atoms with E-state index in [0.29, 0.717) is 12.8 Å². The summed E-state index contributed by atoms with van der Waals surface area (Å²) in [4.78, 5) is 29.7. The zero-order valence-corrected chi connectivity index (χ0v) is 14.4. The second kappa shape index (κ2) is 12.9. The van der Waals surface area contributed by atoms with E-state index in [1.807, 2.05) is 0 Å². The fraction of sp³-hybridized carbons (Fsp3) is 0.722. The molecule has 0 aliphatic heterocycles. The highest BCUT2D eigenvalue weighted by Gasteiger charge is 2.12. The number of H-pyrrole nitrogens is 1. The Kier molecular flexibility index (Phi) is 10.8. The van der Waals surface area contributed by atoms with Crippen molar-refractivity contribution < 1.29 is 9.59 Å². The highest BCUT2D eigenvalue weighted by molar-refractivity contribution is 5.79. The lowest BCUT2D eigenvalue weighted by Crippen LogP contribution is -2.37. The van der Waals surface area contributed by atoms with Crippen molar-refractivity contribution in [1.82, 2.24) is 15.3 Å². The molecule has 130 valence electrons. The average molecular weight is 321 g/mol. The molecule has 5 nitrogen and oxygen atoms in total. The summed E-state index contributed by atoms with van der Waals surface area (Å²) in [5.41, 5.74) is 0.852. The summed E-state index contributed by atoms with van der Waals surface area (Å²) < 4.78 is 0. The summed E-state index contributed by atoms with van der Waals surface area (Å²) in [6, 6.07) is -0.471. The van der Waals surface area contributed by atoms with Gasteiger partial charge in [0, 0.05) is 24.7 Å². The summed E-state index contributed by atoms with van der Waals surface area (Å²) in [6.07, 6.45) is 16.1. The molecule has 0 aliphatic carbocycles. The van der Waals surface area contributed by atoms with E-state index < -0.39 is 6.04 Å². The van der Waals surface area contributed by atoms with Crippen molar-refractivity contribution in [2.24, 2.45) is 0 Å². The number of hydrogen-bond donors (Lipinski definition) is 2. The van der Waals surface area contributed by atoms with Gasteiger partial charge in [0.25, 0.3) is 0 Å². The normalized spacial score (nSPS) is 12.0. The van der Waals surface area contributed by atoms with E-state index in [1.54, 1.807) is 12.5 Å². The second-order valence-electron chi connectivity index (χ2n) is 6.17. The number of carbonyl (C=O) groups is 2. The van der Waals surface area contributed by atoms with Gasteiger partial charge in [-0.25, -0.2) is 4.98 Å². The van der Waals surface area contributed by atoms with Gasteiger partial charge in [0.1, 0.15) is 6.29 Å². The fourth-order valence-corrected chi connectivity index (χ4v) is 2.64. The maximum atomic E-state index is 11.9. The number of imidazole rings is 1. The molecule has 0 aliphatic rings. The molecule has 5 heteroatoms. The van der Waals surface area contributed by atoms with Gasteiger partial charge in [0.15, 0.2) is 0 Å². The first-order chi connectivity index (χ1) is 11.3. The number of hydrogen-bond acceptors (Lipinski definition) is 3. The van der Waals surface area contributed by atoms with Crippen LogP contribution in [0.3, 0.4) is 0 Å². The van der Waals surface area contributed by atoms with Crippen molar-refractivity contribution in [2.75, 3.05) is 0 Å². The first kappa shape index (κ1) is 19.4. The first-order valence-electron chi connectivity index (χ1n) is 8.98. The van der Waals surface area contributed by atoms with Crippen LogP contribution in [0.5, 0.6) is 0 Å². The minimum Gasteiger partial charge on any atom is -0.348 e. The zero-order chi connectivity index (χ0) is 16.8. The van der Waals surface area contributed by atoms with Crippen LogP contribution >= 0.6 is 0 Å². The van der Waals surface area contributed by atoms with Crippen molar-refractivity contribution in [1.29, 1.82) is 0 Å². The molecule has 0 fully saturated rings. The van der Waals surface area contributed by atoms with Gasteiger partial charge < -0.3 is 15.1 Å². The van der Waals surface area contributed by atoms with Gasteiger partial charge in [-0.05, 0) is 6.42 Å². The number of nitrogens with zero attached hydrogens (tertiary/aromatic N) is 1. The molecule has 0 aromatic carbocycles. The van der Waals surface area contributed by atoms with Crippen LogP contribution < -0.4 is 5.32 Å². The predicted octanol–water partition coefficient (Wildman–Crippen LogP) is 3.56. The molecule has 0 bridgehead atoms. The van der Waals surface area contributed by atoms with Crippen LogP contribution in [0.1, 0.15) is 76.8 Å². The zero-order valence-electron chi connectivity index (χ0n) is 14.4. The smallest absolute Gasteiger partial charge is 0.220 e. The lowest BCUT2D eigenvalue weighted by atomic mass is 10.1. The minimum atomic E-state index is -0.471. The Balaban J connectivity index is 2.01. The monoisotopic (exact) mass is 321 g/mol. The minimum absolute atomic E-state index is 0.0374. The molecule has 0 saturated carbocycles. The number of aromatic nitrogens is 2.